The molecule has 0 unspecified atom stereocenters. The van der Waals surface area contributed by atoms with E-state index in [0.29, 0.717) is 16.0 Å². The fourth-order valence-corrected chi connectivity index (χ4v) is 3.01. The number of fused-ring (bicyclic) bond motifs is 1. The Morgan fingerprint density at radius 3 is 2.56 bits per heavy atom. The SMILES string of the molecule is O=[N+]([O-])c1cccc(-n2cc(-c3nc4ccccc4nc3Br)cn2)c1. The van der Waals surface area contributed by atoms with Crippen molar-refractivity contribution in [3.8, 4) is 16.9 Å². The molecule has 0 N–H and O–H groups in total. The molecular formula is C17H10BrN5O2. The van der Waals surface area contributed by atoms with Gasteiger partial charge >= 0.3 is 0 Å². The second kappa shape index (κ2) is 6.06. The van der Waals surface area contributed by atoms with Crippen LogP contribution in [-0.2, 0) is 0 Å². The fourth-order valence-electron chi connectivity index (χ4n) is 2.50. The molecule has 0 aliphatic rings. The lowest BCUT2D eigenvalue weighted by molar-refractivity contribution is -0.384. The van der Waals surface area contributed by atoms with E-state index in [1.54, 1.807) is 29.2 Å². The van der Waals surface area contributed by atoms with Gasteiger partial charge in [-0.3, -0.25) is 10.1 Å². The standard InChI is InChI=1S/C17H10BrN5O2/c18-17-16(20-14-6-1-2-7-15(14)21-17)11-9-19-22(10-11)12-4-3-5-13(8-12)23(24)25/h1-10H. The lowest BCUT2D eigenvalue weighted by atomic mass is 10.2. The number of nitrogens with zero attached hydrogens (tertiary/aromatic N) is 5. The van der Waals surface area contributed by atoms with E-state index < -0.39 is 4.92 Å². The van der Waals surface area contributed by atoms with Gasteiger partial charge in [0.1, 0.15) is 10.3 Å². The van der Waals surface area contributed by atoms with E-state index in [2.05, 4.69) is 31.0 Å². The van der Waals surface area contributed by atoms with Gasteiger partial charge in [-0.15, -0.1) is 0 Å². The zero-order chi connectivity index (χ0) is 17.4. The van der Waals surface area contributed by atoms with Gasteiger partial charge in [-0.1, -0.05) is 18.2 Å². The Balaban J connectivity index is 1.78. The van der Waals surface area contributed by atoms with Gasteiger partial charge < -0.3 is 0 Å². The van der Waals surface area contributed by atoms with Crippen LogP contribution in [0.25, 0.3) is 28.0 Å². The van der Waals surface area contributed by atoms with Gasteiger partial charge in [0.25, 0.3) is 5.69 Å². The average Bonchev–Trinajstić information content (AvgIpc) is 3.11. The molecular weight excluding hydrogens is 386 g/mol. The minimum atomic E-state index is -0.431. The van der Waals surface area contributed by atoms with Crippen molar-refractivity contribution in [1.82, 2.24) is 19.7 Å². The van der Waals surface area contributed by atoms with Crippen molar-refractivity contribution < 1.29 is 4.92 Å². The number of hydrogen-bond acceptors (Lipinski definition) is 5. The molecule has 0 aliphatic heterocycles. The van der Waals surface area contributed by atoms with Crippen LogP contribution in [0.1, 0.15) is 0 Å². The first-order valence-electron chi connectivity index (χ1n) is 7.34. The van der Waals surface area contributed by atoms with E-state index in [0.717, 1.165) is 16.6 Å². The molecule has 7 nitrogen and oxygen atoms in total. The Morgan fingerprint density at radius 2 is 1.80 bits per heavy atom. The maximum absolute atomic E-state index is 10.9. The van der Waals surface area contributed by atoms with Crippen LogP contribution in [0, 0.1) is 10.1 Å². The molecule has 0 saturated carbocycles. The Bertz CT molecular complexity index is 1110. The number of nitro benzene ring substituents is 1. The highest BCUT2D eigenvalue weighted by Gasteiger charge is 2.13. The van der Waals surface area contributed by atoms with Crippen molar-refractivity contribution in [2.24, 2.45) is 0 Å². The lowest BCUT2D eigenvalue weighted by Crippen LogP contribution is -1.96. The number of halogens is 1. The van der Waals surface area contributed by atoms with E-state index in [1.807, 2.05) is 24.3 Å². The zero-order valence-electron chi connectivity index (χ0n) is 12.7. The van der Waals surface area contributed by atoms with Crippen molar-refractivity contribution in [1.29, 1.82) is 0 Å². The van der Waals surface area contributed by atoms with Crippen LogP contribution in [0.5, 0.6) is 0 Å². The Hall–Kier alpha value is -3.13. The molecule has 122 valence electrons. The molecule has 0 amide bonds. The summed E-state index contributed by atoms with van der Waals surface area (Å²) >= 11 is 3.45. The van der Waals surface area contributed by atoms with Crippen molar-refractivity contribution in [2.75, 3.05) is 0 Å². The van der Waals surface area contributed by atoms with Gasteiger partial charge in [-0.05, 0) is 34.1 Å². The summed E-state index contributed by atoms with van der Waals surface area (Å²) in [5.41, 5.74) is 3.62. The van der Waals surface area contributed by atoms with Gasteiger partial charge in [-0.25, -0.2) is 14.6 Å². The normalized spacial score (nSPS) is 10.9. The van der Waals surface area contributed by atoms with Gasteiger partial charge in [0, 0.05) is 23.9 Å². The molecule has 0 saturated heterocycles. The number of para-hydroxylation sites is 2. The summed E-state index contributed by atoms with van der Waals surface area (Å²) in [6.45, 7) is 0. The summed E-state index contributed by atoms with van der Waals surface area (Å²) in [6.07, 6.45) is 3.42. The third-order valence-corrected chi connectivity index (χ3v) is 4.24. The summed E-state index contributed by atoms with van der Waals surface area (Å²) in [5, 5.41) is 15.2. The molecule has 0 atom stereocenters. The van der Waals surface area contributed by atoms with Crippen LogP contribution < -0.4 is 0 Å². The summed E-state index contributed by atoms with van der Waals surface area (Å²) in [4.78, 5) is 19.6. The first kappa shape index (κ1) is 15.4. The topological polar surface area (TPSA) is 86.7 Å². The number of rotatable bonds is 3. The van der Waals surface area contributed by atoms with Crippen LogP contribution in [0.15, 0.2) is 65.5 Å². The number of benzene rings is 2. The monoisotopic (exact) mass is 395 g/mol. The molecule has 2 aromatic heterocycles. The number of hydrogen-bond donors (Lipinski definition) is 0. The third kappa shape index (κ3) is 2.87. The van der Waals surface area contributed by atoms with Crippen molar-refractivity contribution in [3.05, 3.63) is 75.6 Å². The summed E-state index contributed by atoms with van der Waals surface area (Å²) < 4.78 is 2.19. The number of nitro groups is 1. The lowest BCUT2D eigenvalue weighted by Gasteiger charge is -2.03. The average molecular weight is 396 g/mol. The summed E-state index contributed by atoms with van der Waals surface area (Å²) in [5.74, 6) is 0. The van der Waals surface area contributed by atoms with E-state index >= 15 is 0 Å². The van der Waals surface area contributed by atoms with Gasteiger partial charge in [0.15, 0.2) is 0 Å². The summed E-state index contributed by atoms with van der Waals surface area (Å²) in [6, 6.07) is 13.9. The highest BCUT2D eigenvalue weighted by molar-refractivity contribution is 9.10. The molecule has 0 radical (unpaired) electrons. The predicted octanol–water partition coefficient (Wildman–Crippen LogP) is 4.15. The minimum absolute atomic E-state index is 0.0150. The van der Waals surface area contributed by atoms with E-state index in [-0.39, 0.29) is 5.69 Å². The maximum Gasteiger partial charge on any atom is 0.271 e. The zero-order valence-corrected chi connectivity index (χ0v) is 14.3. The quantitative estimate of drug-likeness (QED) is 0.384. The molecule has 0 aliphatic carbocycles. The van der Waals surface area contributed by atoms with Crippen LogP contribution in [0.3, 0.4) is 0 Å². The molecule has 2 aromatic carbocycles. The molecule has 0 spiro atoms. The Morgan fingerprint density at radius 1 is 1.04 bits per heavy atom. The van der Waals surface area contributed by atoms with Crippen molar-refractivity contribution in [2.45, 2.75) is 0 Å². The van der Waals surface area contributed by atoms with Crippen molar-refractivity contribution in [3.63, 3.8) is 0 Å². The van der Waals surface area contributed by atoms with Crippen molar-refractivity contribution >= 4 is 32.7 Å². The van der Waals surface area contributed by atoms with Gasteiger partial charge in [0.05, 0.1) is 27.8 Å². The first-order valence-corrected chi connectivity index (χ1v) is 8.13. The number of aromatic nitrogens is 4. The van der Waals surface area contributed by atoms with Crippen LogP contribution in [-0.4, -0.2) is 24.7 Å². The maximum atomic E-state index is 10.9. The molecule has 8 heteroatoms. The predicted molar refractivity (Wildman–Crippen MR) is 96.5 cm³/mol. The van der Waals surface area contributed by atoms with Crippen LogP contribution in [0.4, 0.5) is 5.69 Å². The first-order chi connectivity index (χ1) is 12.1. The largest absolute Gasteiger partial charge is 0.271 e. The number of non-ortho nitro benzene ring substituents is 1. The minimum Gasteiger partial charge on any atom is -0.258 e. The highest BCUT2D eigenvalue weighted by atomic mass is 79.9. The van der Waals surface area contributed by atoms with E-state index in [4.69, 9.17) is 0 Å². The third-order valence-electron chi connectivity index (χ3n) is 3.69. The summed E-state index contributed by atoms with van der Waals surface area (Å²) in [7, 11) is 0. The Labute approximate surface area is 150 Å². The second-order valence-corrected chi connectivity index (χ2v) is 6.05. The fraction of sp³-hybridized carbons (Fsp3) is 0. The smallest absolute Gasteiger partial charge is 0.258 e. The molecule has 0 bridgehead atoms. The molecule has 4 aromatic rings. The van der Waals surface area contributed by atoms with Crippen LogP contribution >= 0.6 is 15.9 Å². The Kier molecular flexibility index (Phi) is 3.73. The van der Waals surface area contributed by atoms with Crippen LogP contribution in [0.2, 0.25) is 0 Å². The van der Waals surface area contributed by atoms with E-state index in [9.17, 15) is 10.1 Å². The molecule has 25 heavy (non-hydrogen) atoms. The van der Waals surface area contributed by atoms with E-state index in [1.165, 1.54) is 12.1 Å². The highest BCUT2D eigenvalue weighted by Crippen LogP contribution is 2.27. The molecule has 4 rings (SSSR count). The molecule has 0 fully saturated rings. The second-order valence-electron chi connectivity index (χ2n) is 5.30. The van der Waals surface area contributed by atoms with Gasteiger partial charge in [0.2, 0.25) is 0 Å². The molecule has 2 heterocycles. The van der Waals surface area contributed by atoms with Gasteiger partial charge in [-0.2, -0.15) is 5.10 Å².